The fourth-order valence-corrected chi connectivity index (χ4v) is 4.26. The van der Waals surface area contributed by atoms with Crippen LogP contribution in [-0.4, -0.2) is 36.5 Å². The molecule has 106 valence electrons. The fourth-order valence-electron chi connectivity index (χ4n) is 2.54. The van der Waals surface area contributed by atoms with Crippen molar-refractivity contribution in [2.24, 2.45) is 0 Å². The summed E-state index contributed by atoms with van der Waals surface area (Å²) in [4.78, 5) is 0.341. The minimum absolute atomic E-state index is 0.102. The normalized spacial score (nSPS) is 25.4. The number of piperidine rings is 1. The van der Waals surface area contributed by atoms with E-state index in [-0.39, 0.29) is 12.1 Å². The highest BCUT2D eigenvalue weighted by atomic mass is 32.2. The standard InChI is InChI=1S/C14H21NO3S/c1-3-12-10-13(16)8-9-15(12)19(17,18)14-6-4-11(2)5-7-14/h4-7,12-13,16H,3,8-10H2,1-2H3/t12-,13-/m0/s1. The monoisotopic (exact) mass is 283 g/mol. The van der Waals surface area contributed by atoms with Crippen LogP contribution in [-0.2, 0) is 10.0 Å². The maximum Gasteiger partial charge on any atom is 0.243 e. The second kappa shape index (κ2) is 5.61. The van der Waals surface area contributed by atoms with E-state index in [9.17, 15) is 13.5 Å². The average molecular weight is 283 g/mol. The van der Waals surface area contributed by atoms with Crippen molar-refractivity contribution in [2.45, 2.75) is 50.2 Å². The minimum Gasteiger partial charge on any atom is -0.393 e. The summed E-state index contributed by atoms with van der Waals surface area (Å²) >= 11 is 0. The molecule has 0 amide bonds. The van der Waals surface area contributed by atoms with Crippen molar-refractivity contribution in [1.82, 2.24) is 4.31 Å². The van der Waals surface area contributed by atoms with Crippen LogP contribution < -0.4 is 0 Å². The topological polar surface area (TPSA) is 57.6 Å². The summed E-state index contributed by atoms with van der Waals surface area (Å²) in [6.45, 7) is 4.29. The minimum atomic E-state index is -3.44. The summed E-state index contributed by atoms with van der Waals surface area (Å²) in [6, 6.07) is 6.83. The first kappa shape index (κ1) is 14.5. The Bertz CT molecular complexity index is 524. The molecule has 0 saturated carbocycles. The molecule has 0 radical (unpaired) electrons. The van der Waals surface area contributed by atoms with Crippen molar-refractivity contribution in [3.63, 3.8) is 0 Å². The van der Waals surface area contributed by atoms with E-state index in [4.69, 9.17) is 0 Å². The predicted octanol–water partition coefficient (Wildman–Crippen LogP) is 1.92. The largest absolute Gasteiger partial charge is 0.393 e. The van der Waals surface area contributed by atoms with Crippen LogP contribution in [0.25, 0.3) is 0 Å². The summed E-state index contributed by atoms with van der Waals surface area (Å²) in [5.41, 5.74) is 1.04. The molecular weight excluding hydrogens is 262 g/mol. The summed E-state index contributed by atoms with van der Waals surface area (Å²) in [6.07, 6.45) is 1.39. The van der Waals surface area contributed by atoms with Gasteiger partial charge in [-0.3, -0.25) is 0 Å². The van der Waals surface area contributed by atoms with Gasteiger partial charge in [-0.2, -0.15) is 4.31 Å². The Morgan fingerprint density at radius 2 is 1.95 bits per heavy atom. The summed E-state index contributed by atoms with van der Waals surface area (Å²) in [5, 5.41) is 9.68. The Balaban J connectivity index is 2.30. The molecular formula is C14H21NO3S. The average Bonchev–Trinajstić information content (AvgIpc) is 2.38. The van der Waals surface area contributed by atoms with Crippen molar-refractivity contribution < 1.29 is 13.5 Å². The van der Waals surface area contributed by atoms with Gasteiger partial charge in [0.25, 0.3) is 0 Å². The maximum absolute atomic E-state index is 12.6. The summed E-state index contributed by atoms with van der Waals surface area (Å²) < 4.78 is 26.8. The molecule has 4 nitrogen and oxygen atoms in total. The van der Waals surface area contributed by atoms with Crippen LogP contribution in [0.2, 0.25) is 0 Å². The number of hydrogen-bond donors (Lipinski definition) is 1. The second-order valence-corrected chi connectivity index (χ2v) is 7.06. The van der Waals surface area contributed by atoms with Gasteiger partial charge in [-0.1, -0.05) is 24.6 Å². The second-order valence-electron chi connectivity index (χ2n) is 5.17. The smallest absolute Gasteiger partial charge is 0.243 e. The number of sulfonamides is 1. The number of hydrogen-bond acceptors (Lipinski definition) is 3. The number of aliphatic hydroxyl groups excluding tert-OH is 1. The fraction of sp³-hybridized carbons (Fsp3) is 0.571. The van der Waals surface area contributed by atoms with Gasteiger partial charge in [-0.15, -0.1) is 0 Å². The Kier molecular flexibility index (Phi) is 4.28. The number of aliphatic hydroxyl groups is 1. The van der Waals surface area contributed by atoms with E-state index >= 15 is 0 Å². The number of rotatable bonds is 3. The van der Waals surface area contributed by atoms with Crippen molar-refractivity contribution in [2.75, 3.05) is 6.54 Å². The van der Waals surface area contributed by atoms with Crippen LogP contribution in [0.1, 0.15) is 31.7 Å². The highest BCUT2D eigenvalue weighted by molar-refractivity contribution is 7.89. The maximum atomic E-state index is 12.6. The zero-order valence-corrected chi connectivity index (χ0v) is 12.2. The van der Waals surface area contributed by atoms with E-state index < -0.39 is 10.0 Å². The molecule has 1 heterocycles. The van der Waals surface area contributed by atoms with Gasteiger partial charge < -0.3 is 5.11 Å². The highest BCUT2D eigenvalue weighted by Crippen LogP contribution is 2.27. The van der Waals surface area contributed by atoms with Crippen LogP contribution in [0, 0.1) is 6.92 Å². The molecule has 1 saturated heterocycles. The molecule has 2 rings (SSSR count). The van der Waals surface area contributed by atoms with E-state index in [2.05, 4.69) is 0 Å². The van der Waals surface area contributed by atoms with Crippen LogP contribution in [0.15, 0.2) is 29.2 Å². The third-order valence-electron chi connectivity index (χ3n) is 3.73. The Morgan fingerprint density at radius 1 is 1.32 bits per heavy atom. The lowest BCUT2D eigenvalue weighted by atomic mass is 10.0. The van der Waals surface area contributed by atoms with Gasteiger partial charge in [0.1, 0.15) is 0 Å². The molecule has 19 heavy (non-hydrogen) atoms. The molecule has 0 unspecified atom stereocenters. The number of benzene rings is 1. The van der Waals surface area contributed by atoms with Gasteiger partial charge in [0, 0.05) is 12.6 Å². The molecule has 1 N–H and O–H groups in total. The van der Waals surface area contributed by atoms with Gasteiger partial charge in [-0.05, 0) is 38.3 Å². The van der Waals surface area contributed by atoms with Crippen LogP contribution >= 0.6 is 0 Å². The van der Waals surface area contributed by atoms with Crippen molar-refractivity contribution in [1.29, 1.82) is 0 Å². The third-order valence-corrected chi connectivity index (χ3v) is 5.70. The molecule has 1 aromatic carbocycles. The lowest BCUT2D eigenvalue weighted by Gasteiger charge is -2.36. The lowest BCUT2D eigenvalue weighted by Crippen LogP contribution is -2.47. The first-order chi connectivity index (χ1) is 8.95. The van der Waals surface area contributed by atoms with Crippen LogP contribution in [0.4, 0.5) is 0 Å². The molecule has 0 bridgehead atoms. The van der Waals surface area contributed by atoms with Crippen LogP contribution in [0.3, 0.4) is 0 Å². The Hall–Kier alpha value is -0.910. The molecule has 1 aliphatic heterocycles. The van der Waals surface area contributed by atoms with Gasteiger partial charge in [0.15, 0.2) is 0 Å². The summed E-state index contributed by atoms with van der Waals surface area (Å²) in [5.74, 6) is 0. The molecule has 0 spiro atoms. The van der Waals surface area contributed by atoms with Crippen LogP contribution in [0.5, 0.6) is 0 Å². The predicted molar refractivity (Wildman–Crippen MR) is 74.4 cm³/mol. The van der Waals surface area contributed by atoms with Gasteiger partial charge >= 0.3 is 0 Å². The van der Waals surface area contributed by atoms with Gasteiger partial charge in [-0.25, -0.2) is 8.42 Å². The van der Waals surface area contributed by atoms with Crippen molar-refractivity contribution in [3.05, 3.63) is 29.8 Å². The third kappa shape index (κ3) is 2.99. The van der Waals surface area contributed by atoms with Crippen molar-refractivity contribution in [3.8, 4) is 0 Å². The molecule has 1 fully saturated rings. The Labute approximate surface area is 115 Å². The number of nitrogens with zero attached hydrogens (tertiary/aromatic N) is 1. The van der Waals surface area contributed by atoms with Gasteiger partial charge in [0.05, 0.1) is 11.0 Å². The molecule has 5 heteroatoms. The number of aryl methyl sites for hydroxylation is 1. The SMILES string of the molecule is CC[C@H]1C[C@@H](O)CCN1S(=O)(=O)c1ccc(C)cc1. The molecule has 0 aliphatic carbocycles. The van der Waals surface area contributed by atoms with E-state index in [0.717, 1.165) is 12.0 Å². The quantitative estimate of drug-likeness (QED) is 0.922. The first-order valence-corrected chi connectivity index (χ1v) is 8.15. The van der Waals surface area contributed by atoms with E-state index in [0.29, 0.717) is 24.3 Å². The van der Waals surface area contributed by atoms with E-state index in [1.807, 2.05) is 26.0 Å². The van der Waals surface area contributed by atoms with Crippen molar-refractivity contribution >= 4 is 10.0 Å². The molecule has 1 aromatic rings. The van der Waals surface area contributed by atoms with E-state index in [1.54, 1.807) is 16.4 Å². The zero-order chi connectivity index (χ0) is 14.0. The molecule has 2 atom stereocenters. The lowest BCUT2D eigenvalue weighted by molar-refractivity contribution is 0.0797. The molecule has 1 aliphatic rings. The Morgan fingerprint density at radius 3 is 2.53 bits per heavy atom. The summed E-state index contributed by atoms with van der Waals surface area (Å²) in [7, 11) is -3.44. The zero-order valence-electron chi connectivity index (χ0n) is 11.4. The van der Waals surface area contributed by atoms with E-state index in [1.165, 1.54) is 0 Å². The first-order valence-electron chi connectivity index (χ1n) is 6.71. The molecule has 0 aromatic heterocycles. The highest BCUT2D eigenvalue weighted by Gasteiger charge is 2.35. The van der Waals surface area contributed by atoms with Gasteiger partial charge in [0.2, 0.25) is 10.0 Å².